The van der Waals surface area contributed by atoms with Gasteiger partial charge in [-0.15, -0.1) is 0 Å². The molecule has 0 N–H and O–H groups in total. The second kappa shape index (κ2) is 9.58. The van der Waals surface area contributed by atoms with Crippen LogP contribution >= 0.6 is 23.5 Å². The summed E-state index contributed by atoms with van der Waals surface area (Å²) in [5.41, 5.74) is 2.05. The van der Waals surface area contributed by atoms with E-state index in [1.165, 1.54) is 37.7 Å². The topological polar surface area (TPSA) is 82.0 Å². The van der Waals surface area contributed by atoms with Gasteiger partial charge in [0, 0.05) is 19.6 Å². The molecule has 1 heterocycles. The number of rotatable bonds is 5. The normalized spacial score (nSPS) is 14.6. The molecule has 148 valence electrons. The molecule has 3 rings (SSSR count). The molecule has 0 aliphatic carbocycles. The molecule has 0 aromatic heterocycles. The van der Waals surface area contributed by atoms with Crippen LogP contribution in [0, 0.1) is 0 Å². The van der Waals surface area contributed by atoms with Gasteiger partial charge in [0.1, 0.15) is 10.1 Å². The second-order valence-electron chi connectivity index (χ2n) is 5.96. The summed E-state index contributed by atoms with van der Waals surface area (Å²) in [6, 6.07) is 14.6. The maximum atomic E-state index is 12.3. The molecule has 0 bridgehead atoms. The average Bonchev–Trinajstić information content (AvgIpc) is 3.02. The summed E-state index contributed by atoms with van der Waals surface area (Å²) in [5, 5.41) is -0.154. The lowest BCUT2D eigenvalue weighted by Crippen LogP contribution is -2.07. The van der Waals surface area contributed by atoms with Crippen molar-refractivity contribution in [3.05, 3.63) is 65.4 Å². The highest BCUT2D eigenvalue weighted by Crippen LogP contribution is 2.34. The molecule has 0 fully saturated rings. The number of carbonyl (C=O) groups is 3. The molecule has 6 nitrogen and oxygen atoms in total. The minimum Gasteiger partial charge on any atom is -0.423 e. The average molecular weight is 428 g/mol. The van der Waals surface area contributed by atoms with E-state index in [1.54, 1.807) is 12.1 Å². The fourth-order valence-corrected chi connectivity index (χ4v) is 4.21. The minimum absolute atomic E-state index is 0.0998. The molecule has 8 heteroatoms. The van der Waals surface area contributed by atoms with Gasteiger partial charge in [0.2, 0.25) is 5.12 Å². The highest BCUT2D eigenvalue weighted by Gasteiger charge is 2.23. The quantitative estimate of drug-likeness (QED) is 0.396. The van der Waals surface area contributed by atoms with Crippen LogP contribution in [0.25, 0.3) is 6.08 Å². The first-order chi connectivity index (χ1) is 13.9. The van der Waals surface area contributed by atoms with Crippen molar-refractivity contribution in [2.45, 2.75) is 19.6 Å². The lowest BCUT2D eigenvalue weighted by Gasteiger charge is -2.09. The highest BCUT2D eigenvalue weighted by atomic mass is 32.2. The van der Waals surface area contributed by atoms with Gasteiger partial charge in [-0.25, -0.2) is 4.99 Å². The molecule has 0 atom stereocenters. The Hall–Kier alpha value is -2.84. The summed E-state index contributed by atoms with van der Waals surface area (Å²) in [6.07, 6.45) is 1.61. The minimum atomic E-state index is -0.548. The Morgan fingerprint density at radius 1 is 1.03 bits per heavy atom. The van der Waals surface area contributed by atoms with E-state index in [9.17, 15) is 14.4 Å². The monoisotopic (exact) mass is 427 g/mol. The lowest BCUT2D eigenvalue weighted by molar-refractivity contribution is -0.134. The number of ether oxygens (including phenoxy) is 2. The summed E-state index contributed by atoms with van der Waals surface area (Å²) >= 11 is 2.59. The predicted molar refractivity (Wildman–Crippen MR) is 115 cm³/mol. The van der Waals surface area contributed by atoms with E-state index in [1.807, 2.05) is 30.3 Å². The number of carbonyl (C=O) groups excluding carboxylic acids is 3. The van der Waals surface area contributed by atoms with Crippen LogP contribution in [-0.4, -0.2) is 21.4 Å². The van der Waals surface area contributed by atoms with Gasteiger partial charge in [0.05, 0.1) is 0 Å². The van der Waals surface area contributed by atoms with Crippen LogP contribution < -0.4 is 9.47 Å². The Labute approximate surface area is 176 Å². The van der Waals surface area contributed by atoms with Crippen molar-refractivity contribution in [3.8, 4) is 11.5 Å². The maximum Gasteiger partial charge on any atom is 0.308 e. The zero-order valence-electron chi connectivity index (χ0n) is 15.7. The molecule has 1 aliphatic heterocycles. The van der Waals surface area contributed by atoms with Crippen LogP contribution in [0.4, 0.5) is 0 Å². The second-order valence-corrected chi connectivity index (χ2v) is 8.15. The standard InChI is InChI=1S/C21H17NO5S2/c1-13(23)26-18-9-8-16(11-19(18)27-14(2)24)10-17-20(25)29-21(22-17)28-12-15-6-4-3-5-7-15/h3-11H,12H2,1-2H3/b17-10-. The molecule has 29 heavy (non-hydrogen) atoms. The van der Waals surface area contributed by atoms with Gasteiger partial charge in [-0.1, -0.05) is 48.2 Å². The molecule has 0 saturated carbocycles. The number of thioether (sulfide) groups is 2. The van der Waals surface area contributed by atoms with E-state index < -0.39 is 11.9 Å². The van der Waals surface area contributed by atoms with Crippen LogP contribution in [0.3, 0.4) is 0 Å². The molecule has 0 radical (unpaired) electrons. The summed E-state index contributed by atoms with van der Waals surface area (Å²) in [4.78, 5) is 39.2. The van der Waals surface area contributed by atoms with E-state index in [2.05, 4.69) is 4.99 Å². The molecule has 0 spiro atoms. The summed E-state index contributed by atoms with van der Waals surface area (Å²) in [5.74, 6) is -0.127. The van der Waals surface area contributed by atoms with Crippen molar-refractivity contribution >= 4 is 51.0 Å². The first-order valence-electron chi connectivity index (χ1n) is 8.61. The summed E-state index contributed by atoms with van der Waals surface area (Å²) in [7, 11) is 0. The van der Waals surface area contributed by atoms with Gasteiger partial charge in [-0.05, 0) is 41.1 Å². The van der Waals surface area contributed by atoms with Crippen molar-refractivity contribution in [2.75, 3.05) is 0 Å². The SMILES string of the molecule is CC(=O)Oc1ccc(/C=C2\N=C(SCc3ccccc3)SC2=O)cc1OC(C)=O. The van der Waals surface area contributed by atoms with Crippen LogP contribution in [0.1, 0.15) is 25.0 Å². The Kier molecular flexibility index (Phi) is 6.90. The third kappa shape index (κ3) is 6.07. The fraction of sp³-hybridized carbons (Fsp3) is 0.143. The van der Waals surface area contributed by atoms with E-state index in [0.29, 0.717) is 15.6 Å². The van der Waals surface area contributed by atoms with Gasteiger partial charge >= 0.3 is 11.9 Å². The van der Waals surface area contributed by atoms with Crippen molar-refractivity contribution < 1.29 is 23.9 Å². The number of nitrogens with zero attached hydrogens (tertiary/aromatic N) is 1. The van der Waals surface area contributed by atoms with E-state index in [-0.39, 0.29) is 16.6 Å². The zero-order chi connectivity index (χ0) is 20.8. The third-order valence-electron chi connectivity index (χ3n) is 3.58. The van der Waals surface area contributed by atoms with Crippen molar-refractivity contribution in [3.63, 3.8) is 0 Å². The highest BCUT2D eigenvalue weighted by molar-refractivity contribution is 8.45. The van der Waals surface area contributed by atoms with Crippen molar-refractivity contribution in [2.24, 2.45) is 4.99 Å². The first-order valence-corrected chi connectivity index (χ1v) is 10.4. The molecule has 0 amide bonds. The molecule has 2 aromatic carbocycles. The Morgan fingerprint density at radius 3 is 2.41 bits per heavy atom. The third-order valence-corrected chi connectivity index (χ3v) is 5.66. The number of benzene rings is 2. The van der Waals surface area contributed by atoms with E-state index in [4.69, 9.17) is 9.47 Å². The molecule has 1 aliphatic rings. The molecule has 0 unspecified atom stereocenters. The largest absolute Gasteiger partial charge is 0.423 e. The summed E-state index contributed by atoms with van der Waals surface area (Å²) in [6.45, 7) is 2.51. The molecular weight excluding hydrogens is 410 g/mol. The van der Waals surface area contributed by atoms with Gasteiger partial charge in [-0.3, -0.25) is 14.4 Å². The lowest BCUT2D eigenvalue weighted by atomic mass is 10.1. The number of esters is 2. The van der Waals surface area contributed by atoms with E-state index in [0.717, 1.165) is 23.1 Å². The zero-order valence-corrected chi connectivity index (χ0v) is 17.3. The van der Waals surface area contributed by atoms with Crippen molar-refractivity contribution in [1.82, 2.24) is 0 Å². The van der Waals surface area contributed by atoms with Gasteiger partial charge < -0.3 is 9.47 Å². The smallest absolute Gasteiger partial charge is 0.308 e. The van der Waals surface area contributed by atoms with Gasteiger partial charge in [0.15, 0.2) is 11.5 Å². The summed E-state index contributed by atoms with van der Waals surface area (Å²) < 4.78 is 10.8. The maximum absolute atomic E-state index is 12.3. The fourth-order valence-electron chi connectivity index (χ4n) is 2.42. The Morgan fingerprint density at radius 2 is 1.72 bits per heavy atom. The van der Waals surface area contributed by atoms with Crippen LogP contribution in [-0.2, 0) is 20.1 Å². The Bertz CT molecular complexity index is 1010. The number of aliphatic imine (C=N–C) groups is 1. The Balaban J connectivity index is 1.78. The van der Waals surface area contributed by atoms with Crippen LogP contribution in [0.2, 0.25) is 0 Å². The first kappa shape index (κ1) is 20.9. The van der Waals surface area contributed by atoms with Gasteiger partial charge in [-0.2, -0.15) is 0 Å². The molecule has 0 saturated heterocycles. The van der Waals surface area contributed by atoms with Crippen LogP contribution in [0.5, 0.6) is 11.5 Å². The van der Waals surface area contributed by atoms with Gasteiger partial charge in [0.25, 0.3) is 0 Å². The number of hydrogen-bond donors (Lipinski definition) is 0. The number of hydrogen-bond acceptors (Lipinski definition) is 8. The predicted octanol–water partition coefficient (Wildman–Crippen LogP) is 4.44. The molecule has 2 aromatic rings. The molecular formula is C21H17NO5S2. The van der Waals surface area contributed by atoms with E-state index >= 15 is 0 Å². The van der Waals surface area contributed by atoms with Crippen LogP contribution in [0.15, 0.2) is 59.2 Å². The van der Waals surface area contributed by atoms with Crippen molar-refractivity contribution in [1.29, 1.82) is 0 Å².